The van der Waals surface area contributed by atoms with Crippen molar-refractivity contribution in [2.45, 2.75) is 33.1 Å². The van der Waals surface area contributed by atoms with Crippen molar-refractivity contribution < 1.29 is 9.53 Å². The Morgan fingerprint density at radius 1 is 1.58 bits per heavy atom. The number of allylic oxidation sites excluding steroid dienone is 1. The Hall–Kier alpha value is -0.790. The molecule has 0 N–H and O–H groups in total. The zero-order valence-electron chi connectivity index (χ0n) is 8.02. The number of carbonyl (C=O) groups excluding carboxylic acids is 1. The topological polar surface area (TPSA) is 26.3 Å². The summed E-state index contributed by atoms with van der Waals surface area (Å²) >= 11 is 0. The lowest BCUT2D eigenvalue weighted by Gasteiger charge is -2.29. The second kappa shape index (κ2) is 3.30. The van der Waals surface area contributed by atoms with Crippen LogP contribution >= 0.6 is 0 Å². The molecule has 0 aromatic carbocycles. The van der Waals surface area contributed by atoms with E-state index in [1.54, 1.807) is 0 Å². The Balaban J connectivity index is 2.85. The fourth-order valence-corrected chi connectivity index (χ4v) is 1.67. The summed E-state index contributed by atoms with van der Waals surface area (Å²) in [6, 6.07) is 0. The highest BCUT2D eigenvalue weighted by atomic mass is 16.5. The molecule has 2 heteroatoms. The van der Waals surface area contributed by atoms with Crippen molar-refractivity contribution in [1.29, 1.82) is 0 Å². The third-order valence-electron chi connectivity index (χ3n) is 2.49. The maximum Gasteiger partial charge on any atom is 0.333 e. The molecule has 0 bridgehead atoms. The summed E-state index contributed by atoms with van der Waals surface area (Å²) in [6.45, 7) is 4.18. The van der Waals surface area contributed by atoms with Crippen LogP contribution in [0.2, 0.25) is 0 Å². The molecule has 1 aliphatic carbocycles. The molecule has 0 unspecified atom stereocenters. The van der Waals surface area contributed by atoms with E-state index in [9.17, 15) is 4.79 Å². The van der Waals surface area contributed by atoms with E-state index in [1.807, 2.05) is 6.08 Å². The van der Waals surface area contributed by atoms with E-state index in [4.69, 9.17) is 4.74 Å². The van der Waals surface area contributed by atoms with Crippen LogP contribution in [0.15, 0.2) is 11.6 Å². The Morgan fingerprint density at radius 3 is 2.75 bits per heavy atom. The molecule has 0 aromatic rings. The van der Waals surface area contributed by atoms with Gasteiger partial charge in [-0.05, 0) is 24.7 Å². The van der Waals surface area contributed by atoms with Crippen molar-refractivity contribution in [1.82, 2.24) is 0 Å². The van der Waals surface area contributed by atoms with Crippen LogP contribution in [0.3, 0.4) is 0 Å². The summed E-state index contributed by atoms with van der Waals surface area (Å²) in [5.41, 5.74) is 0.849. The molecule has 12 heavy (non-hydrogen) atoms. The number of carbonyl (C=O) groups is 1. The van der Waals surface area contributed by atoms with Gasteiger partial charge in [-0.2, -0.15) is 0 Å². The Labute approximate surface area is 73.6 Å². The Bertz CT molecular complexity index is 214. The van der Waals surface area contributed by atoms with Crippen molar-refractivity contribution in [2.75, 3.05) is 7.11 Å². The summed E-state index contributed by atoms with van der Waals surface area (Å²) in [5.74, 6) is -0.167. The van der Waals surface area contributed by atoms with Crippen LogP contribution in [0.4, 0.5) is 0 Å². The summed E-state index contributed by atoms with van der Waals surface area (Å²) in [5, 5.41) is 0. The monoisotopic (exact) mass is 168 g/mol. The van der Waals surface area contributed by atoms with E-state index in [-0.39, 0.29) is 11.4 Å². The first-order valence-corrected chi connectivity index (χ1v) is 4.37. The van der Waals surface area contributed by atoms with Crippen molar-refractivity contribution in [3.8, 4) is 0 Å². The molecular weight excluding hydrogens is 152 g/mol. The molecule has 0 amide bonds. The van der Waals surface area contributed by atoms with Gasteiger partial charge in [0, 0.05) is 5.57 Å². The molecule has 0 heterocycles. The standard InChI is InChI=1S/C10H16O2/c1-10(2)7-5-4-6-8(10)9(11)12-3/h6H,4-5,7H2,1-3H3. The van der Waals surface area contributed by atoms with E-state index in [2.05, 4.69) is 13.8 Å². The van der Waals surface area contributed by atoms with E-state index in [0.717, 1.165) is 18.4 Å². The molecule has 0 spiro atoms. The molecule has 0 fully saturated rings. The van der Waals surface area contributed by atoms with E-state index >= 15 is 0 Å². The van der Waals surface area contributed by atoms with Crippen molar-refractivity contribution in [2.24, 2.45) is 5.41 Å². The number of ether oxygens (including phenoxy) is 1. The average molecular weight is 168 g/mol. The van der Waals surface area contributed by atoms with Gasteiger partial charge in [0.15, 0.2) is 0 Å². The first kappa shape index (κ1) is 9.30. The summed E-state index contributed by atoms with van der Waals surface area (Å²) in [7, 11) is 1.44. The molecule has 0 saturated heterocycles. The normalized spacial score (nSPS) is 21.4. The highest BCUT2D eigenvalue weighted by Crippen LogP contribution is 2.36. The molecule has 0 atom stereocenters. The first-order chi connectivity index (χ1) is 5.58. The van der Waals surface area contributed by atoms with Crippen LogP contribution in [0, 0.1) is 5.41 Å². The van der Waals surface area contributed by atoms with Gasteiger partial charge < -0.3 is 4.74 Å². The lowest BCUT2D eigenvalue weighted by molar-refractivity contribution is -0.137. The van der Waals surface area contributed by atoms with Gasteiger partial charge in [-0.25, -0.2) is 4.79 Å². The van der Waals surface area contributed by atoms with E-state index in [1.165, 1.54) is 13.5 Å². The highest BCUT2D eigenvalue weighted by Gasteiger charge is 2.30. The lowest BCUT2D eigenvalue weighted by Crippen LogP contribution is -2.24. The maximum atomic E-state index is 11.3. The number of hydrogen-bond acceptors (Lipinski definition) is 2. The van der Waals surface area contributed by atoms with Crippen LogP contribution in [-0.2, 0) is 9.53 Å². The predicted molar refractivity (Wildman–Crippen MR) is 47.7 cm³/mol. The summed E-state index contributed by atoms with van der Waals surface area (Å²) in [4.78, 5) is 11.3. The molecule has 0 radical (unpaired) electrons. The fraction of sp³-hybridized carbons (Fsp3) is 0.700. The smallest absolute Gasteiger partial charge is 0.333 e. The highest BCUT2D eigenvalue weighted by molar-refractivity contribution is 5.89. The third-order valence-corrected chi connectivity index (χ3v) is 2.49. The zero-order valence-corrected chi connectivity index (χ0v) is 8.02. The quantitative estimate of drug-likeness (QED) is 0.561. The number of rotatable bonds is 1. The van der Waals surface area contributed by atoms with Gasteiger partial charge in [0.2, 0.25) is 0 Å². The molecule has 2 nitrogen and oxygen atoms in total. The minimum atomic E-state index is -0.167. The molecule has 0 saturated carbocycles. The van der Waals surface area contributed by atoms with E-state index in [0.29, 0.717) is 0 Å². The van der Waals surface area contributed by atoms with Gasteiger partial charge in [-0.3, -0.25) is 0 Å². The molecule has 0 aromatic heterocycles. The third kappa shape index (κ3) is 1.68. The molecule has 0 aliphatic heterocycles. The van der Waals surface area contributed by atoms with Crippen molar-refractivity contribution in [3.63, 3.8) is 0 Å². The largest absolute Gasteiger partial charge is 0.466 e. The van der Waals surface area contributed by atoms with Gasteiger partial charge in [-0.15, -0.1) is 0 Å². The second-order valence-electron chi connectivity index (χ2n) is 3.89. The number of esters is 1. The van der Waals surface area contributed by atoms with Crippen LogP contribution < -0.4 is 0 Å². The molecule has 1 rings (SSSR count). The van der Waals surface area contributed by atoms with Crippen LogP contribution in [-0.4, -0.2) is 13.1 Å². The number of methoxy groups -OCH3 is 1. The van der Waals surface area contributed by atoms with Gasteiger partial charge in [0.05, 0.1) is 7.11 Å². The first-order valence-electron chi connectivity index (χ1n) is 4.37. The minimum Gasteiger partial charge on any atom is -0.466 e. The van der Waals surface area contributed by atoms with Gasteiger partial charge in [-0.1, -0.05) is 19.9 Å². The Kier molecular flexibility index (Phi) is 2.55. The molecule has 68 valence electrons. The molecule has 1 aliphatic rings. The fourth-order valence-electron chi connectivity index (χ4n) is 1.67. The maximum absolute atomic E-state index is 11.3. The second-order valence-corrected chi connectivity index (χ2v) is 3.89. The lowest BCUT2D eigenvalue weighted by atomic mass is 9.76. The van der Waals surface area contributed by atoms with Crippen molar-refractivity contribution >= 4 is 5.97 Å². The number of hydrogen-bond donors (Lipinski definition) is 0. The SMILES string of the molecule is COC(=O)C1=CCCCC1(C)C. The van der Waals surface area contributed by atoms with Gasteiger partial charge in [0.1, 0.15) is 0 Å². The van der Waals surface area contributed by atoms with Crippen LogP contribution in [0.1, 0.15) is 33.1 Å². The molecular formula is C10H16O2. The Morgan fingerprint density at radius 2 is 2.25 bits per heavy atom. The summed E-state index contributed by atoms with van der Waals surface area (Å²) < 4.78 is 4.72. The van der Waals surface area contributed by atoms with Gasteiger partial charge >= 0.3 is 5.97 Å². The predicted octanol–water partition coefficient (Wildman–Crippen LogP) is 2.30. The van der Waals surface area contributed by atoms with E-state index < -0.39 is 0 Å². The minimum absolute atomic E-state index is 0.00530. The van der Waals surface area contributed by atoms with Crippen molar-refractivity contribution in [3.05, 3.63) is 11.6 Å². The average Bonchev–Trinajstić information content (AvgIpc) is 2.02. The zero-order chi connectivity index (χ0) is 9.19. The van der Waals surface area contributed by atoms with Crippen LogP contribution in [0.5, 0.6) is 0 Å². The van der Waals surface area contributed by atoms with Gasteiger partial charge in [0.25, 0.3) is 0 Å². The summed E-state index contributed by atoms with van der Waals surface area (Å²) in [6.07, 6.45) is 5.27. The van der Waals surface area contributed by atoms with Crippen LogP contribution in [0.25, 0.3) is 0 Å².